The predicted molar refractivity (Wildman–Crippen MR) is 72.9 cm³/mol. The summed E-state index contributed by atoms with van der Waals surface area (Å²) in [6, 6.07) is 7.65. The minimum atomic E-state index is -0.0934. The molecule has 7 heteroatoms. The first kappa shape index (κ1) is 13.1. The van der Waals surface area contributed by atoms with Crippen LogP contribution in [0.3, 0.4) is 0 Å². The van der Waals surface area contributed by atoms with Crippen molar-refractivity contribution in [2.75, 3.05) is 0 Å². The molecule has 6 nitrogen and oxygen atoms in total. The molecule has 1 atom stereocenters. The SMILES string of the molecule is O=C(Cn1cnnn1)N[C@@H](c1ccc(Cl)cc1)C1CC1. The van der Waals surface area contributed by atoms with Gasteiger partial charge >= 0.3 is 0 Å². The standard InChI is InChI=1S/C13H14ClN5O/c14-11-5-3-10(4-6-11)13(9-1-2-9)16-12(20)7-19-8-15-17-18-19/h3-6,8-9,13H,1-2,7H2,(H,16,20)/t13-/m1/s1. The Kier molecular flexibility index (Phi) is 3.64. The Balaban J connectivity index is 1.68. The Labute approximate surface area is 121 Å². The largest absolute Gasteiger partial charge is 0.347 e. The fourth-order valence-corrected chi connectivity index (χ4v) is 2.32. The monoisotopic (exact) mass is 291 g/mol. The first-order valence-electron chi connectivity index (χ1n) is 6.48. The minimum absolute atomic E-state index is 0.0382. The number of halogens is 1. The minimum Gasteiger partial charge on any atom is -0.347 e. The Morgan fingerprint density at radius 2 is 2.15 bits per heavy atom. The second-order valence-electron chi connectivity index (χ2n) is 4.94. The molecule has 1 aromatic carbocycles. The van der Waals surface area contributed by atoms with E-state index in [1.54, 1.807) is 0 Å². The topological polar surface area (TPSA) is 72.7 Å². The van der Waals surface area contributed by atoms with Crippen molar-refractivity contribution >= 4 is 17.5 Å². The smallest absolute Gasteiger partial charge is 0.242 e. The summed E-state index contributed by atoms with van der Waals surface area (Å²) in [7, 11) is 0. The third-order valence-electron chi connectivity index (χ3n) is 3.34. The van der Waals surface area contributed by atoms with E-state index in [1.165, 1.54) is 11.0 Å². The van der Waals surface area contributed by atoms with Crippen LogP contribution in [-0.2, 0) is 11.3 Å². The van der Waals surface area contributed by atoms with Crippen LogP contribution in [0, 0.1) is 5.92 Å². The van der Waals surface area contributed by atoms with Gasteiger partial charge in [0.1, 0.15) is 12.9 Å². The van der Waals surface area contributed by atoms with Crippen molar-refractivity contribution in [3.8, 4) is 0 Å². The molecule has 0 aliphatic heterocycles. The van der Waals surface area contributed by atoms with Crippen LogP contribution in [0.1, 0.15) is 24.4 Å². The highest BCUT2D eigenvalue weighted by atomic mass is 35.5. The second-order valence-corrected chi connectivity index (χ2v) is 5.38. The molecule has 0 saturated heterocycles. The molecule has 1 N–H and O–H groups in total. The van der Waals surface area contributed by atoms with E-state index in [0.29, 0.717) is 10.9 Å². The first-order valence-corrected chi connectivity index (χ1v) is 6.86. The molecule has 1 fully saturated rings. The van der Waals surface area contributed by atoms with E-state index >= 15 is 0 Å². The number of amides is 1. The lowest BCUT2D eigenvalue weighted by molar-refractivity contribution is -0.122. The van der Waals surface area contributed by atoms with Gasteiger partial charge in [0, 0.05) is 5.02 Å². The zero-order chi connectivity index (χ0) is 13.9. The molecule has 1 saturated carbocycles. The number of carbonyl (C=O) groups is 1. The summed E-state index contributed by atoms with van der Waals surface area (Å²) >= 11 is 5.90. The molecule has 20 heavy (non-hydrogen) atoms. The van der Waals surface area contributed by atoms with E-state index in [-0.39, 0.29) is 18.5 Å². The van der Waals surface area contributed by atoms with Crippen molar-refractivity contribution in [3.05, 3.63) is 41.2 Å². The molecule has 1 aliphatic carbocycles. The average molecular weight is 292 g/mol. The zero-order valence-corrected chi connectivity index (χ0v) is 11.5. The summed E-state index contributed by atoms with van der Waals surface area (Å²) in [6.45, 7) is 0.129. The van der Waals surface area contributed by atoms with Crippen molar-refractivity contribution in [3.63, 3.8) is 0 Å². The van der Waals surface area contributed by atoms with Crippen molar-refractivity contribution < 1.29 is 4.79 Å². The Morgan fingerprint density at radius 3 is 2.75 bits per heavy atom. The van der Waals surface area contributed by atoms with Crippen molar-refractivity contribution in [1.29, 1.82) is 0 Å². The fourth-order valence-electron chi connectivity index (χ4n) is 2.19. The van der Waals surface area contributed by atoms with E-state index in [4.69, 9.17) is 11.6 Å². The van der Waals surface area contributed by atoms with Gasteiger partial charge in [-0.2, -0.15) is 0 Å². The lowest BCUT2D eigenvalue weighted by Gasteiger charge is -2.18. The molecule has 1 heterocycles. The van der Waals surface area contributed by atoms with Gasteiger partial charge in [-0.1, -0.05) is 23.7 Å². The number of hydrogen-bond acceptors (Lipinski definition) is 4. The number of carbonyl (C=O) groups excluding carboxylic acids is 1. The number of tetrazole rings is 1. The number of benzene rings is 1. The second kappa shape index (κ2) is 5.58. The van der Waals surface area contributed by atoms with E-state index < -0.39 is 0 Å². The van der Waals surface area contributed by atoms with E-state index in [1.807, 2.05) is 24.3 Å². The third kappa shape index (κ3) is 3.14. The lowest BCUT2D eigenvalue weighted by atomic mass is 10.0. The summed E-state index contributed by atoms with van der Waals surface area (Å²) in [6.07, 6.45) is 3.70. The van der Waals surface area contributed by atoms with Gasteiger partial charge in [-0.05, 0) is 46.9 Å². The summed E-state index contributed by atoms with van der Waals surface area (Å²) in [5.74, 6) is 0.415. The normalized spacial score (nSPS) is 15.8. The number of rotatable bonds is 5. The molecular weight excluding hydrogens is 278 g/mol. The average Bonchev–Trinajstić information content (AvgIpc) is 3.16. The Bertz CT molecular complexity index is 579. The third-order valence-corrected chi connectivity index (χ3v) is 3.59. The summed E-state index contributed by atoms with van der Waals surface area (Å²) in [4.78, 5) is 12.0. The first-order chi connectivity index (χ1) is 9.72. The van der Waals surface area contributed by atoms with Gasteiger partial charge in [-0.3, -0.25) is 4.79 Å². The van der Waals surface area contributed by atoms with Crippen LogP contribution in [0.25, 0.3) is 0 Å². The molecule has 2 aromatic rings. The van der Waals surface area contributed by atoms with Gasteiger partial charge in [0.15, 0.2) is 0 Å². The molecule has 104 valence electrons. The van der Waals surface area contributed by atoms with Crippen LogP contribution in [0.2, 0.25) is 5.02 Å². The highest BCUT2D eigenvalue weighted by Gasteiger charge is 2.33. The zero-order valence-electron chi connectivity index (χ0n) is 10.7. The molecule has 1 amide bonds. The number of aromatic nitrogens is 4. The molecule has 0 unspecified atom stereocenters. The van der Waals surface area contributed by atoms with Crippen LogP contribution < -0.4 is 5.32 Å². The van der Waals surface area contributed by atoms with Crippen LogP contribution in [0.4, 0.5) is 0 Å². The molecule has 0 bridgehead atoms. The highest BCUT2D eigenvalue weighted by Crippen LogP contribution is 2.41. The quantitative estimate of drug-likeness (QED) is 0.908. The predicted octanol–water partition coefficient (Wildman–Crippen LogP) is 1.59. The molecule has 3 rings (SSSR count). The van der Waals surface area contributed by atoms with Gasteiger partial charge < -0.3 is 5.32 Å². The van der Waals surface area contributed by atoms with Crippen molar-refractivity contribution in [2.24, 2.45) is 5.92 Å². The lowest BCUT2D eigenvalue weighted by Crippen LogP contribution is -2.32. The number of nitrogens with one attached hydrogen (secondary N) is 1. The van der Waals surface area contributed by atoms with E-state index in [0.717, 1.165) is 18.4 Å². The number of nitrogens with zero attached hydrogens (tertiary/aromatic N) is 4. The van der Waals surface area contributed by atoms with E-state index in [2.05, 4.69) is 20.8 Å². The van der Waals surface area contributed by atoms with Gasteiger partial charge in [0.25, 0.3) is 0 Å². The maximum absolute atomic E-state index is 12.0. The van der Waals surface area contributed by atoms with Crippen LogP contribution in [-0.4, -0.2) is 26.1 Å². The maximum Gasteiger partial charge on any atom is 0.242 e. The fraction of sp³-hybridized carbons (Fsp3) is 0.385. The van der Waals surface area contributed by atoms with Crippen molar-refractivity contribution in [2.45, 2.75) is 25.4 Å². The molecule has 0 radical (unpaired) electrons. The van der Waals surface area contributed by atoms with Crippen LogP contribution in [0.15, 0.2) is 30.6 Å². The van der Waals surface area contributed by atoms with Crippen LogP contribution in [0.5, 0.6) is 0 Å². The molecular formula is C13H14ClN5O. The molecule has 1 aliphatic rings. The van der Waals surface area contributed by atoms with Crippen molar-refractivity contribution in [1.82, 2.24) is 25.5 Å². The van der Waals surface area contributed by atoms with Gasteiger partial charge in [-0.15, -0.1) is 5.10 Å². The maximum atomic E-state index is 12.0. The number of hydrogen-bond donors (Lipinski definition) is 1. The Morgan fingerprint density at radius 1 is 1.40 bits per heavy atom. The van der Waals surface area contributed by atoms with Gasteiger partial charge in [-0.25, -0.2) is 4.68 Å². The highest BCUT2D eigenvalue weighted by molar-refractivity contribution is 6.30. The summed E-state index contributed by atoms with van der Waals surface area (Å²) in [5, 5.41) is 14.5. The van der Waals surface area contributed by atoms with E-state index in [9.17, 15) is 4.79 Å². The Hall–Kier alpha value is -1.95. The summed E-state index contributed by atoms with van der Waals surface area (Å²) in [5.41, 5.74) is 1.09. The van der Waals surface area contributed by atoms with Gasteiger partial charge in [0.05, 0.1) is 6.04 Å². The molecule has 0 spiro atoms. The summed E-state index contributed by atoms with van der Waals surface area (Å²) < 4.78 is 1.40. The van der Waals surface area contributed by atoms with Gasteiger partial charge in [0.2, 0.25) is 5.91 Å². The van der Waals surface area contributed by atoms with Crippen LogP contribution >= 0.6 is 11.6 Å². The molecule has 1 aromatic heterocycles.